The van der Waals surface area contributed by atoms with Gasteiger partial charge in [0, 0.05) is 22.3 Å². The third kappa shape index (κ3) is 1.11. The largest absolute Gasteiger partial charge is 0.383 e. The van der Waals surface area contributed by atoms with E-state index in [4.69, 9.17) is 4.74 Å². The summed E-state index contributed by atoms with van der Waals surface area (Å²) in [5.41, 5.74) is 2.95. The summed E-state index contributed by atoms with van der Waals surface area (Å²) >= 11 is 3.68. The first-order valence-electron chi connectivity index (χ1n) is 4.92. The highest BCUT2D eigenvalue weighted by atomic mass is 32.1. The summed E-state index contributed by atoms with van der Waals surface area (Å²) < 4.78 is 5.39. The highest BCUT2D eigenvalue weighted by molar-refractivity contribution is 7.21. The number of hydrogen-bond acceptors (Lipinski definition) is 3. The Labute approximate surface area is 97.3 Å². The molecule has 78 valence electrons. The fourth-order valence-electron chi connectivity index (χ4n) is 2.43. The van der Waals surface area contributed by atoms with Gasteiger partial charge in [0.1, 0.15) is 0 Å². The normalized spacial score (nSPS) is 16.4. The molecule has 1 aliphatic rings. The van der Waals surface area contributed by atoms with Gasteiger partial charge in [-0.2, -0.15) is 0 Å². The van der Waals surface area contributed by atoms with Crippen molar-refractivity contribution in [3.05, 3.63) is 34.0 Å². The second-order valence-electron chi connectivity index (χ2n) is 4.09. The van der Waals surface area contributed by atoms with Gasteiger partial charge in [-0.3, -0.25) is 0 Å². The molecule has 0 atom stereocenters. The topological polar surface area (TPSA) is 9.23 Å². The summed E-state index contributed by atoms with van der Waals surface area (Å²) in [6.45, 7) is 3.04. The number of thiophene rings is 2. The summed E-state index contributed by atoms with van der Waals surface area (Å²) in [5, 5.41) is 4.36. The molecule has 0 aromatic carbocycles. The highest BCUT2D eigenvalue weighted by Crippen LogP contribution is 2.53. The van der Waals surface area contributed by atoms with Crippen LogP contribution in [0.2, 0.25) is 0 Å². The Hall–Kier alpha value is -0.640. The van der Waals surface area contributed by atoms with Gasteiger partial charge in [0.15, 0.2) is 0 Å². The lowest BCUT2D eigenvalue weighted by Crippen LogP contribution is -2.25. The van der Waals surface area contributed by atoms with Gasteiger partial charge in [-0.05, 0) is 40.9 Å². The van der Waals surface area contributed by atoms with Crippen LogP contribution in [0.4, 0.5) is 0 Å². The summed E-state index contributed by atoms with van der Waals surface area (Å²) in [7, 11) is 1.78. The number of fused-ring (bicyclic) bond motifs is 3. The molecule has 1 nitrogen and oxygen atoms in total. The van der Waals surface area contributed by atoms with E-state index < -0.39 is 0 Å². The van der Waals surface area contributed by atoms with Crippen LogP contribution in [0.25, 0.3) is 9.75 Å². The van der Waals surface area contributed by atoms with Crippen LogP contribution in [-0.4, -0.2) is 13.7 Å². The summed E-state index contributed by atoms with van der Waals surface area (Å²) in [5.74, 6) is 0. The van der Waals surface area contributed by atoms with E-state index in [2.05, 4.69) is 29.8 Å². The maximum atomic E-state index is 5.39. The zero-order chi connectivity index (χ0) is 10.5. The number of methoxy groups -OCH3 is 1. The molecule has 0 spiro atoms. The molecule has 0 aliphatic heterocycles. The molecule has 0 saturated carbocycles. The van der Waals surface area contributed by atoms with Crippen molar-refractivity contribution >= 4 is 22.7 Å². The van der Waals surface area contributed by atoms with Gasteiger partial charge < -0.3 is 4.74 Å². The van der Waals surface area contributed by atoms with Gasteiger partial charge in [-0.15, -0.1) is 22.7 Å². The summed E-state index contributed by atoms with van der Waals surface area (Å²) in [6, 6.07) is 4.48. The van der Waals surface area contributed by atoms with E-state index in [1.807, 2.05) is 22.7 Å². The van der Waals surface area contributed by atoms with Crippen molar-refractivity contribution in [2.24, 2.45) is 0 Å². The molecular formula is C12H12OS2. The lowest BCUT2D eigenvalue weighted by atomic mass is 9.83. The minimum Gasteiger partial charge on any atom is -0.383 e. The van der Waals surface area contributed by atoms with Crippen LogP contribution in [0.15, 0.2) is 22.9 Å². The predicted octanol–water partition coefficient (Wildman–Crippen LogP) is 3.74. The van der Waals surface area contributed by atoms with Gasteiger partial charge in [-0.1, -0.05) is 0 Å². The molecule has 0 fully saturated rings. The van der Waals surface area contributed by atoms with Crippen LogP contribution in [0, 0.1) is 0 Å². The molecular weight excluding hydrogens is 224 g/mol. The molecule has 2 aromatic heterocycles. The van der Waals surface area contributed by atoms with Crippen molar-refractivity contribution in [2.75, 3.05) is 13.7 Å². The van der Waals surface area contributed by atoms with Gasteiger partial charge in [0.2, 0.25) is 0 Å². The van der Waals surface area contributed by atoms with Crippen molar-refractivity contribution in [1.82, 2.24) is 0 Å². The van der Waals surface area contributed by atoms with E-state index in [1.54, 1.807) is 7.11 Å². The molecule has 2 heterocycles. The van der Waals surface area contributed by atoms with Crippen molar-refractivity contribution in [2.45, 2.75) is 12.3 Å². The molecule has 0 bridgehead atoms. The molecule has 3 rings (SSSR count). The Kier molecular flexibility index (Phi) is 2.03. The molecule has 15 heavy (non-hydrogen) atoms. The van der Waals surface area contributed by atoms with E-state index in [-0.39, 0.29) is 5.41 Å². The van der Waals surface area contributed by atoms with Gasteiger partial charge in [0.05, 0.1) is 6.61 Å². The fourth-order valence-corrected chi connectivity index (χ4v) is 4.67. The van der Waals surface area contributed by atoms with Gasteiger partial charge in [0.25, 0.3) is 0 Å². The average molecular weight is 236 g/mol. The molecule has 3 heteroatoms. The van der Waals surface area contributed by atoms with E-state index >= 15 is 0 Å². The van der Waals surface area contributed by atoms with Crippen molar-refractivity contribution in [3.8, 4) is 9.75 Å². The number of rotatable bonds is 2. The first-order valence-corrected chi connectivity index (χ1v) is 6.68. The minimum absolute atomic E-state index is 0.0689. The predicted molar refractivity (Wildman–Crippen MR) is 66.0 cm³/mol. The smallest absolute Gasteiger partial charge is 0.0598 e. The molecule has 0 amide bonds. The van der Waals surface area contributed by atoms with Gasteiger partial charge >= 0.3 is 0 Å². The third-order valence-corrected chi connectivity index (χ3v) is 5.15. The van der Waals surface area contributed by atoms with Crippen LogP contribution in [0.1, 0.15) is 18.1 Å². The number of hydrogen-bond donors (Lipinski definition) is 0. The van der Waals surface area contributed by atoms with E-state index in [9.17, 15) is 0 Å². The van der Waals surface area contributed by atoms with Crippen LogP contribution in [-0.2, 0) is 10.2 Å². The quantitative estimate of drug-likeness (QED) is 0.771. The standard InChI is InChI=1S/C12H12OS2/c1-12(7-13-2)8-3-5-14-10(8)11-9(12)4-6-15-11/h3-6H,7H2,1-2H3. The highest BCUT2D eigenvalue weighted by Gasteiger charge is 2.41. The van der Waals surface area contributed by atoms with E-state index in [0.717, 1.165) is 6.61 Å². The first kappa shape index (κ1) is 9.58. The third-order valence-electron chi connectivity index (χ3n) is 3.16. The Morgan fingerprint density at radius 2 is 1.67 bits per heavy atom. The average Bonchev–Trinajstić information content (AvgIpc) is 2.88. The van der Waals surface area contributed by atoms with E-state index in [0.29, 0.717) is 0 Å². The Morgan fingerprint density at radius 3 is 2.13 bits per heavy atom. The van der Waals surface area contributed by atoms with Gasteiger partial charge in [-0.25, -0.2) is 0 Å². The second kappa shape index (κ2) is 3.17. The zero-order valence-corrected chi connectivity index (χ0v) is 10.4. The number of ether oxygens (including phenoxy) is 1. The lowest BCUT2D eigenvalue weighted by molar-refractivity contribution is 0.157. The summed E-state index contributed by atoms with van der Waals surface area (Å²) in [4.78, 5) is 2.89. The van der Waals surface area contributed by atoms with Crippen molar-refractivity contribution < 1.29 is 4.74 Å². The molecule has 0 saturated heterocycles. The molecule has 0 radical (unpaired) electrons. The van der Waals surface area contributed by atoms with Crippen LogP contribution < -0.4 is 0 Å². The monoisotopic (exact) mass is 236 g/mol. The molecule has 0 N–H and O–H groups in total. The minimum atomic E-state index is 0.0689. The maximum Gasteiger partial charge on any atom is 0.0598 e. The Balaban J connectivity index is 2.26. The Morgan fingerprint density at radius 1 is 1.13 bits per heavy atom. The summed E-state index contributed by atoms with van der Waals surface area (Å²) in [6.07, 6.45) is 0. The first-order chi connectivity index (χ1) is 7.27. The molecule has 0 unspecified atom stereocenters. The second-order valence-corrected chi connectivity index (χ2v) is 5.92. The van der Waals surface area contributed by atoms with Crippen molar-refractivity contribution in [3.63, 3.8) is 0 Å². The SMILES string of the molecule is COCC1(C)c2ccsc2-c2sccc21. The van der Waals surface area contributed by atoms with Crippen LogP contribution >= 0.6 is 22.7 Å². The molecule has 1 aliphatic carbocycles. The van der Waals surface area contributed by atoms with E-state index in [1.165, 1.54) is 20.9 Å². The van der Waals surface area contributed by atoms with Crippen molar-refractivity contribution in [1.29, 1.82) is 0 Å². The zero-order valence-electron chi connectivity index (χ0n) is 8.74. The van der Waals surface area contributed by atoms with Crippen LogP contribution in [0.5, 0.6) is 0 Å². The lowest BCUT2D eigenvalue weighted by Gasteiger charge is -2.24. The fraction of sp³-hybridized carbons (Fsp3) is 0.333. The Bertz CT molecular complexity index is 455. The van der Waals surface area contributed by atoms with Crippen LogP contribution in [0.3, 0.4) is 0 Å². The molecule has 2 aromatic rings. The maximum absolute atomic E-state index is 5.39.